The molecule has 9 heteroatoms. The monoisotopic (exact) mass is 625 g/mol. The number of carbonyl (C=O) groups is 3. The molecule has 1 aromatic rings. The molecule has 1 spiro atoms. The van der Waals surface area contributed by atoms with Crippen LogP contribution in [0.3, 0.4) is 0 Å². The largest absolute Gasteiger partial charge is 0.494 e. The summed E-state index contributed by atoms with van der Waals surface area (Å²) in [5.74, 6) is -0.579. The maximum absolute atomic E-state index is 14.7. The third-order valence-corrected chi connectivity index (χ3v) is 11.5. The van der Waals surface area contributed by atoms with Gasteiger partial charge in [0.05, 0.1) is 23.2 Å². The quantitative estimate of drug-likeness (QED) is 0.172. The Hall–Kier alpha value is -2.78. The Kier molecular flexibility index (Phi) is 11.6. The third kappa shape index (κ3) is 6.45. The molecule has 2 unspecified atom stereocenters. The highest BCUT2D eigenvalue weighted by Gasteiger charge is 2.77. The van der Waals surface area contributed by atoms with Crippen LogP contribution in [0.15, 0.2) is 49.6 Å². The first-order valence-electron chi connectivity index (χ1n) is 16.4. The summed E-state index contributed by atoms with van der Waals surface area (Å²) < 4.78 is 4.50. The second-order valence-electron chi connectivity index (χ2n) is 12.5. The summed E-state index contributed by atoms with van der Waals surface area (Å²) in [6, 6.07) is 6.87. The highest BCUT2D eigenvalue weighted by Crippen LogP contribution is 2.71. The number of aliphatic hydroxyl groups is 1. The van der Waals surface area contributed by atoms with Crippen molar-refractivity contribution in [3.63, 3.8) is 0 Å². The lowest BCUT2D eigenvalue weighted by atomic mass is 9.66. The number of rotatable bonds is 18. The van der Waals surface area contributed by atoms with E-state index < -0.39 is 27.4 Å². The summed E-state index contributed by atoms with van der Waals surface area (Å²) in [4.78, 5) is 49.1. The zero-order chi connectivity index (χ0) is 31.9. The van der Waals surface area contributed by atoms with Crippen molar-refractivity contribution in [1.29, 1.82) is 0 Å². The fourth-order valence-corrected chi connectivity index (χ4v) is 9.89. The van der Waals surface area contributed by atoms with Gasteiger partial charge in [0.15, 0.2) is 0 Å². The molecule has 5 atom stereocenters. The number of likely N-dealkylation sites (tertiary alicyclic amines) is 1. The van der Waals surface area contributed by atoms with Crippen LogP contribution in [0.25, 0.3) is 0 Å². The minimum Gasteiger partial charge on any atom is -0.494 e. The van der Waals surface area contributed by atoms with Crippen molar-refractivity contribution in [2.75, 3.05) is 44.3 Å². The van der Waals surface area contributed by atoms with E-state index in [4.69, 9.17) is 4.74 Å². The molecule has 0 saturated carbocycles. The van der Waals surface area contributed by atoms with E-state index in [0.29, 0.717) is 32.8 Å². The summed E-state index contributed by atoms with van der Waals surface area (Å²) in [6.45, 7) is 16.5. The smallest absolute Gasteiger partial charge is 0.247 e. The van der Waals surface area contributed by atoms with E-state index in [-0.39, 0.29) is 24.3 Å². The summed E-state index contributed by atoms with van der Waals surface area (Å²) in [5, 5.41) is 9.23. The highest BCUT2D eigenvalue weighted by molar-refractivity contribution is 8.02. The lowest BCUT2D eigenvalue weighted by molar-refractivity contribution is -0.143. The fourth-order valence-electron chi connectivity index (χ4n) is 7.55. The Balaban J connectivity index is 1.71. The average Bonchev–Trinajstić information content (AvgIpc) is 3.58. The molecule has 1 N–H and O–H groups in total. The van der Waals surface area contributed by atoms with Gasteiger partial charge in [-0.3, -0.25) is 14.4 Å². The Labute approximate surface area is 267 Å². The molecule has 242 valence electrons. The molecule has 2 bridgehead atoms. The van der Waals surface area contributed by atoms with Gasteiger partial charge in [-0.1, -0.05) is 38.3 Å². The van der Waals surface area contributed by atoms with Crippen molar-refractivity contribution in [2.24, 2.45) is 11.8 Å². The van der Waals surface area contributed by atoms with Crippen LogP contribution in [0, 0.1) is 11.8 Å². The second-order valence-corrected chi connectivity index (χ2v) is 14.4. The van der Waals surface area contributed by atoms with Crippen molar-refractivity contribution in [3.05, 3.63) is 49.6 Å². The standard InChI is InChI=1S/C35H51N3O5S/c1-6-10-23-36(21-7-2)33(42)30-35-20-19-34(5,44-35)28(29(35)32(41)38(30)24-13-11-12-14-25-39)31(40)37(22-8-3)26-15-17-27(18-16-26)43-9-4/h7-8,15-18,28-30,39H,2-3,6,9-14,19-25H2,1,4-5H3/t28-,29-,30?,34+,35?/m0/s1. The Bertz CT molecular complexity index is 1190. The second kappa shape index (κ2) is 15.0. The number of hydrogen-bond acceptors (Lipinski definition) is 6. The summed E-state index contributed by atoms with van der Waals surface area (Å²) in [5.41, 5.74) is 0.735. The van der Waals surface area contributed by atoms with Gasteiger partial charge < -0.3 is 24.5 Å². The lowest BCUT2D eigenvalue weighted by Crippen LogP contribution is -2.55. The van der Waals surface area contributed by atoms with Crippen LogP contribution in [0.1, 0.15) is 72.1 Å². The number of carbonyl (C=O) groups excluding carboxylic acids is 3. The lowest BCUT2D eigenvalue weighted by Gasteiger charge is -2.38. The number of ether oxygens (including phenoxy) is 1. The van der Waals surface area contributed by atoms with Gasteiger partial charge in [0, 0.05) is 43.2 Å². The van der Waals surface area contributed by atoms with Crippen LogP contribution in [0.2, 0.25) is 0 Å². The van der Waals surface area contributed by atoms with Gasteiger partial charge in [-0.15, -0.1) is 24.9 Å². The Morgan fingerprint density at radius 1 is 1.05 bits per heavy atom. The molecular formula is C35H51N3O5S. The molecule has 3 aliphatic heterocycles. The maximum Gasteiger partial charge on any atom is 0.247 e. The van der Waals surface area contributed by atoms with E-state index in [1.807, 2.05) is 41.0 Å². The molecular weight excluding hydrogens is 574 g/mol. The number of hydrogen-bond donors (Lipinski definition) is 1. The molecule has 0 radical (unpaired) electrons. The van der Waals surface area contributed by atoms with Crippen LogP contribution in [0.4, 0.5) is 5.69 Å². The van der Waals surface area contributed by atoms with E-state index in [1.165, 1.54) is 0 Å². The van der Waals surface area contributed by atoms with Crippen molar-refractivity contribution in [2.45, 2.75) is 87.7 Å². The fraction of sp³-hybridized carbons (Fsp3) is 0.629. The average molecular weight is 626 g/mol. The SMILES string of the molecule is C=CCN(CCCC)C(=O)C1N(CCCCCCO)C(=O)[C@@H]2[C@@H](C(=O)N(CC=C)c3ccc(OCC)cc3)[C@@]3(C)CCC12S3. The van der Waals surface area contributed by atoms with Gasteiger partial charge in [-0.05, 0) is 70.2 Å². The molecule has 0 aliphatic carbocycles. The van der Waals surface area contributed by atoms with E-state index in [9.17, 15) is 19.5 Å². The molecule has 3 fully saturated rings. The zero-order valence-corrected chi connectivity index (χ0v) is 27.7. The van der Waals surface area contributed by atoms with Gasteiger partial charge in [0.2, 0.25) is 17.7 Å². The third-order valence-electron chi connectivity index (χ3n) is 9.56. The minimum atomic E-state index is -0.654. The summed E-state index contributed by atoms with van der Waals surface area (Å²) in [6.07, 6.45) is 10.0. The number of anilines is 1. The molecule has 3 heterocycles. The number of aliphatic hydroxyl groups excluding tert-OH is 1. The zero-order valence-electron chi connectivity index (χ0n) is 26.8. The Morgan fingerprint density at radius 2 is 1.75 bits per heavy atom. The molecule has 3 aliphatic rings. The number of fused-ring (bicyclic) bond motifs is 1. The minimum absolute atomic E-state index is 0.0242. The van der Waals surface area contributed by atoms with Crippen LogP contribution >= 0.6 is 11.8 Å². The van der Waals surface area contributed by atoms with Crippen molar-refractivity contribution in [3.8, 4) is 5.75 Å². The first kappa shape index (κ1) is 34.1. The van der Waals surface area contributed by atoms with Crippen molar-refractivity contribution < 1.29 is 24.2 Å². The van der Waals surface area contributed by atoms with Gasteiger partial charge in [0.1, 0.15) is 11.8 Å². The Morgan fingerprint density at radius 3 is 2.39 bits per heavy atom. The predicted octanol–water partition coefficient (Wildman–Crippen LogP) is 5.45. The van der Waals surface area contributed by atoms with Crippen LogP contribution in [-0.4, -0.2) is 87.6 Å². The summed E-state index contributed by atoms with van der Waals surface area (Å²) >= 11 is 1.72. The topological polar surface area (TPSA) is 90.4 Å². The maximum atomic E-state index is 14.7. The normalized spacial score (nSPS) is 26.9. The molecule has 4 rings (SSSR count). The number of unbranched alkanes of at least 4 members (excludes halogenated alkanes) is 4. The van der Waals surface area contributed by atoms with Gasteiger partial charge >= 0.3 is 0 Å². The van der Waals surface area contributed by atoms with Crippen LogP contribution in [0.5, 0.6) is 5.75 Å². The number of thioether (sulfide) groups is 1. The first-order valence-corrected chi connectivity index (χ1v) is 17.2. The van der Waals surface area contributed by atoms with E-state index in [1.54, 1.807) is 28.8 Å². The predicted molar refractivity (Wildman–Crippen MR) is 178 cm³/mol. The van der Waals surface area contributed by atoms with E-state index >= 15 is 0 Å². The van der Waals surface area contributed by atoms with Gasteiger partial charge in [-0.25, -0.2) is 0 Å². The molecule has 3 amide bonds. The van der Waals surface area contributed by atoms with E-state index in [0.717, 1.165) is 62.8 Å². The van der Waals surface area contributed by atoms with Crippen molar-refractivity contribution in [1.82, 2.24) is 9.80 Å². The van der Waals surface area contributed by atoms with Gasteiger partial charge in [0.25, 0.3) is 0 Å². The molecule has 1 aromatic carbocycles. The number of nitrogens with zero attached hydrogens (tertiary/aromatic N) is 3. The molecule has 3 saturated heterocycles. The molecule has 0 aromatic heterocycles. The molecule has 8 nitrogen and oxygen atoms in total. The summed E-state index contributed by atoms with van der Waals surface area (Å²) in [7, 11) is 0. The first-order chi connectivity index (χ1) is 21.2. The van der Waals surface area contributed by atoms with E-state index in [2.05, 4.69) is 27.0 Å². The number of benzene rings is 1. The van der Waals surface area contributed by atoms with Crippen LogP contribution in [-0.2, 0) is 14.4 Å². The number of amides is 3. The molecule has 44 heavy (non-hydrogen) atoms. The van der Waals surface area contributed by atoms with Gasteiger partial charge in [-0.2, -0.15) is 0 Å². The van der Waals surface area contributed by atoms with Crippen LogP contribution < -0.4 is 9.64 Å². The highest BCUT2D eigenvalue weighted by atomic mass is 32.2. The van der Waals surface area contributed by atoms with Crippen molar-refractivity contribution >= 4 is 35.2 Å².